The molecule has 0 aliphatic heterocycles. The van der Waals surface area contributed by atoms with Crippen LogP contribution in [-0.4, -0.2) is 34.6 Å². The van der Waals surface area contributed by atoms with Gasteiger partial charge < -0.3 is 9.47 Å². The Balaban J connectivity index is 2.04. The summed E-state index contributed by atoms with van der Waals surface area (Å²) < 4.78 is 13.2. The Morgan fingerprint density at radius 1 is 0.968 bits per heavy atom. The Morgan fingerprint density at radius 3 is 2.39 bits per heavy atom. The molecule has 0 radical (unpaired) electrons. The van der Waals surface area contributed by atoms with Crippen molar-refractivity contribution in [1.29, 1.82) is 0 Å². The number of esters is 2. The third-order valence-electron chi connectivity index (χ3n) is 5.33. The van der Waals surface area contributed by atoms with Crippen molar-refractivity contribution in [3.63, 3.8) is 0 Å². The molecule has 0 saturated heterocycles. The molecule has 0 spiro atoms. The minimum Gasteiger partial charge on any atom is -0.465 e. The largest absolute Gasteiger partial charge is 0.465 e. The summed E-state index contributed by atoms with van der Waals surface area (Å²) in [6.45, 7) is 4.01. The van der Waals surface area contributed by atoms with Gasteiger partial charge in [-0.15, -0.1) is 0 Å². The molecular weight excluding hydrogens is 396 g/mol. The van der Waals surface area contributed by atoms with E-state index in [4.69, 9.17) is 9.47 Å². The number of hydrogen-bond donors (Lipinski definition) is 0. The fourth-order valence-corrected chi connectivity index (χ4v) is 3.84. The molecule has 0 aliphatic rings. The summed E-state index contributed by atoms with van der Waals surface area (Å²) in [6.07, 6.45) is 0. The standard InChI is InChI=1S/C24H22N2O5/c1-4-31-23(28)21-15(2)25(14-16-8-6-5-7-9-16)24(29)26-19-11-10-17(22(27)30-3)12-18(19)13-20(21)26/h5-13H,4,14H2,1-3H3. The summed E-state index contributed by atoms with van der Waals surface area (Å²) in [5.74, 6) is -0.969. The van der Waals surface area contributed by atoms with E-state index >= 15 is 0 Å². The highest BCUT2D eigenvalue weighted by atomic mass is 16.5. The van der Waals surface area contributed by atoms with Crippen LogP contribution >= 0.6 is 0 Å². The van der Waals surface area contributed by atoms with E-state index in [0.717, 1.165) is 5.56 Å². The van der Waals surface area contributed by atoms with Crippen molar-refractivity contribution in [2.24, 2.45) is 0 Å². The van der Waals surface area contributed by atoms with E-state index in [1.165, 1.54) is 11.5 Å². The molecule has 2 aromatic heterocycles. The van der Waals surface area contributed by atoms with Crippen molar-refractivity contribution in [1.82, 2.24) is 8.97 Å². The van der Waals surface area contributed by atoms with E-state index in [-0.39, 0.29) is 12.3 Å². The van der Waals surface area contributed by atoms with Crippen molar-refractivity contribution in [3.8, 4) is 0 Å². The van der Waals surface area contributed by atoms with Crippen molar-refractivity contribution < 1.29 is 19.1 Å². The molecule has 4 rings (SSSR count). The van der Waals surface area contributed by atoms with Gasteiger partial charge in [0, 0.05) is 11.1 Å². The molecule has 0 unspecified atom stereocenters. The highest BCUT2D eigenvalue weighted by Gasteiger charge is 2.23. The normalized spacial score (nSPS) is 11.1. The third kappa shape index (κ3) is 3.48. The monoisotopic (exact) mass is 418 g/mol. The van der Waals surface area contributed by atoms with Gasteiger partial charge in [0.15, 0.2) is 0 Å². The van der Waals surface area contributed by atoms with E-state index in [9.17, 15) is 14.4 Å². The lowest BCUT2D eigenvalue weighted by Gasteiger charge is -2.16. The first-order chi connectivity index (χ1) is 15.0. The van der Waals surface area contributed by atoms with Crippen LogP contribution in [0.3, 0.4) is 0 Å². The van der Waals surface area contributed by atoms with Crippen LogP contribution in [0.5, 0.6) is 0 Å². The summed E-state index contributed by atoms with van der Waals surface area (Å²) in [5, 5.41) is 0.655. The number of hydrogen-bond acceptors (Lipinski definition) is 5. The molecule has 4 aromatic rings. The van der Waals surface area contributed by atoms with E-state index in [1.807, 2.05) is 30.3 Å². The maximum absolute atomic E-state index is 13.5. The maximum Gasteiger partial charge on any atom is 0.342 e. The lowest BCUT2D eigenvalue weighted by atomic mass is 10.1. The first-order valence-corrected chi connectivity index (χ1v) is 9.94. The summed E-state index contributed by atoms with van der Waals surface area (Å²) >= 11 is 0. The Labute approximate surface area is 178 Å². The number of aromatic nitrogens is 2. The molecule has 2 heterocycles. The predicted molar refractivity (Wildman–Crippen MR) is 117 cm³/mol. The SMILES string of the molecule is CCOC(=O)c1c(C)n(Cc2ccccc2)c(=O)n2c1cc1cc(C(=O)OC)ccc12. The molecule has 0 amide bonds. The van der Waals surface area contributed by atoms with Crippen LogP contribution in [0.25, 0.3) is 16.4 Å². The second kappa shape index (κ2) is 8.10. The summed E-state index contributed by atoms with van der Waals surface area (Å²) in [4.78, 5) is 38.3. The predicted octanol–water partition coefficient (Wildman–Crippen LogP) is 3.57. The number of fused-ring (bicyclic) bond motifs is 3. The van der Waals surface area contributed by atoms with Gasteiger partial charge in [0.25, 0.3) is 0 Å². The number of nitrogens with zero attached hydrogens (tertiary/aromatic N) is 2. The minimum atomic E-state index is -0.497. The van der Waals surface area contributed by atoms with Crippen LogP contribution in [0.4, 0.5) is 0 Å². The summed E-state index contributed by atoms with van der Waals surface area (Å²) in [5.41, 5.74) is 2.92. The van der Waals surface area contributed by atoms with Crippen molar-refractivity contribution in [2.45, 2.75) is 20.4 Å². The lowest BCUT2D eigenvalue weighted by Crippen LogP contribution is -2.31. The maximum atomic E-state index is 13.5. The molecular formula is C24H22N2O5. The Hall–Kier alpha value is -3.87. The van der Waals surface area contributed by atoms with E-state index in [0.29, 0.717) is 39.8 Å². The first-order valence-electron chi connectivity index (χ1n) is 9.94. The summed E-state index contributed by atoms with van der Waals surface area (Å²) in [6, 6.07) is 16.2. The molecule has 0 saturated carbocycles. The number of carbonyl (C=O) groups is 2. The van der Waals surface area contributed by atoms with E-state index in [2.05, 4.69) is 0 Å². The van der Waals surface area contributed by atoms with Crippen LogP contribution in [0.1, 0.15) is 38.9 Å². The number of carbonyl (C=O) groups excluding carboxylic acids is 2. The summed E-state index contributed by atoms with van der Waals surface area (Å²) in [7, 11) is 1.31. The quantitative estimate of drug-likeness (QED) is 0.463. The molecule has 31 heavy (non-hydrogen) atoms. The molecule has 0 N–H and O–H groups in total. The second-order valence-electron chi connectivity index (χ2n) is 7.17. The number of rotatable bonds is 5. The van der Waals surface area contributed by atoms with Gasteiger partial charge in [-0.3, -0.25) is 8.97 Å². The fourth-order valence-electron chi connectivity index (χ4n) is 3.84. The van der Waals surface area contributed by atoms with E-state index < -0.39 is 11.9 Å². The number of ether oxygens (including phenoxy) is 2. The van der Waals surface area contributed by atoms with Crippen molar-refractivity contribution in [3.05, 3.63) is 87.5 Å². The smallest absolute Gasteiger partial charge is 0.342 e. The second-order valence-corrected chi connectivity index (χ2v) is 7.17. The van der Waals surface area contributed by atoms with Crippen LogP contribution < -0.4 is 5.69 Å². The van der Waals surface area contributed by atoms with Gasteiger partial charge in [-0.1, -0.05) is 30.3 Å². The topological polar surface area (TPSA) is 79.0 Å². The van der Waals surface area contributed by atoms with Crippen LogP contribution in [-0.2, 0) is 16.0 Å². The van der Waals surface area contributed by atoms with Gasteiger partial charge in [-0.2, -0.15) is 0 Å². The fraction of sp³-hybridized carbons (Fsp3) is 0.208. The highest BCUT2D eigenvalue weighted by molar-refractivity contribution is 6.03. The molecule has 0 aliphatic carbocycles. The molecule has 0 bridgehead atoms. The van der Waals surface area contributed by atoms with Crippen LogP contribution in [0, 0.1) is 6.92 Å². The van der Waals surface area contributed by atoms with Gasteiger partial charge in [0.05, 0.1) is 36.9 Å². The lowest BCUT2D eigenvalue weighted by molar-refractivity contribution is 0.0525. The Kier molecular flexibility index (Phi) is 5.33. The average molecular weight is 418 g/mol. The van der Waals surface area contributed by atoms with Gasteiger partial charge >= 0.3 is 17.6 Å². The van der Waals surface area contributed by atoms with Crippen LogP contribution in [0.15, 0.2) is 59.4 Å². The molecule has 158 valence electrons. The molecule has 7 heteroatoms. The molecule has 0 atom stereocenters. The molecule has 2 aromatic carbocycles. The third-order valence-corrected chi connectivity index (χ3v) is 5.33. The molecule has 7 nitrogen and oxygen atoms in total. The Morgan fingerprint density at radius 2 is 1.71 bits per heavy atom. The van der Waals surface area contributed by atoms with Gasteiger partial charge in [-0.25, -0.2) is 14.4 Å². The van der Waals surface area contributed by atoms with Crippen molar-refractivity contribution in [2.75, 3.05) is 13.7 Å². The number of benzene rings is 2. The zero-order valence-corrected chi connectivity index (χ0v) is 17.5. The number of methoxy groups -OCH3 is 1. The van der Waals surface area contributed by atoms with Gasteiger partial charge in [0.2, 0.25) is 0 Å². The minimum absolute atomic E-state index is 0.217. The van der Waals surface area contributed by atoms with Crippen LogP contribution in [0.2, 0.25) is 0 Å². The van der Waals surface area contributed by atoms with Gasteiger partial charge in [-0.05, 0) is 43.7 Å². The van der Waals surface area contributed by atoms with E-state index in [1.54, 1.807) is 42.7 Å². The first kappa shape index (κ1) is 20.4. The van der Waals surface area contributed by atoms with Crippen molar-refractivity contribution >= 4 is 28.4 Å². The highest BCUT2D eigenvalue weighted by Crippen LogP contribution is 2.25. The molecule has 0 fully saturated rings. The zero-order valence-electron chi connectivity index (χ0n) is 17.5. The van der Waals surface area contributed by atoms with Gasteiger partial charge in [0.1, 0.15) is 5.56 Å². The zero-order chi connectivity index (χ0) is 22.1. The Bertz CT molecular complexity index is 1370. The average Bonchev–Trinajstić information content (AvgIpc) is 3.15.